The van der Waals surface area contributed by atoms with Crippen molar-refractivity contribution < 1.29 is 4.39 Å². The zero-order valence-electron chi connectivity index (χ0n) is 11.5. The van der Waals surface area contributed by atoms with Gasteiger partial charge in [-0.2, -0.15) is 0 Å². The Bertz CT molecular complexity index is 367. The molecular formula is C15H23FN2. The number of aromatic nitrogens is 1. The molecule has 0 amide bonds. The van der Waals surface area contributed by atoms with Crippen LogP contribution in [-0.4, -0.2) is 12.0 Å². The summed E-state index contributed by atoms with van der Waals surface area (Å²) in [6.07, 6.45) is 5.10. The molecule has 1 N–H and O–H groups in total. The van der Waals surface area contributed by atoms with Crippen LogP contribution in [0, 0.1) is 23.6 Å². The highest BCUT2D eigenvalue weighted by molar-refractivity contribution is 5.11. The summed E-state index contributed by atoms with van der Waals surface area (Å²) in [4.78, 5) is 4.24. The quantitative estimate of drug-likeness (QED) is 0.887. The van der Waals surface area contributed by atoms with Crippen molar-refractivity contribution in [1.29, 1.82) is 0 Å². The highest BCUT2D eigenvalue weighted by Gasteiger charge is 2.30. The van der Waals surface area contributed by atoms with Gasteiger partial charge in [-0.15, -0.1) is 0 Å². The van der Waals surface area contributed by atoms with Crippen molar-refractivity contribution in [2.75, 3.05) is 7.05 Å². The van der Waals surface area contributed by atoms with Gasteiger partial charge in [0.2, 0.25) is 0 Å². The van der Waals surface area contributed by atoms with Gasteiger partial charge < -0.3 is 5.32 Å². The van der Waals surface area contributed by atoms with Crippen molar-refractivity contribution in [2.24, 2.45) is 17.8 Å². The lowest BCUT2D eigenvalue weighted by Crippen LogP contribution is -2.32. The molecule has 1 aromatic rings. The van der Waals surface area contributed by atoms with E-state index in [1.165, 1.54) is 31.5 Å². The van der Waals surface area contributed by atoms with Gasteiger partial charge in [0.15, 0.2) is 0 Å². The van der Waals surface area contributed by atoms with Crippen LogP contribution in [0.4, 0.5) is 4.39 Å². The predicted octanol–water partition coefficient (Wildman–Crippen LogP) is 3.55. The summed E-state index contributed by atoms with van der Waals surface area (Å²) in [6.45, 7) is 4.65. The minimum Gasteiger partial charge on any atom is -0.311 e. The topological polar surface area (TPSA) is 24.9 Å². The zero-order valence-corrected chi connectivity index (χ0v) is 11.5. The zero-order chi connectivity index (χ0) is 13.1. The van der Waals surface area contributed by atoms with Gasteiger partial charge in [0, 0.05) is 0 Å². The first-order valence-electron chi connectivity index (χ1n) is 6.89. The van der Waals surface area contributed by atoms with Gasteiger partial charge in [-0.05, 0) is 56.2 Å². The van der Waals surface area contributed by atoms with Crippen molar-refractivity contribution in [3.8, 4) is 0 Å². The van der Waals surface area contributed by atoms with Crippen molar-refractivity contribution in [2.45, 2.75) is 39.2 Å². The lowest BCUT2D eigenvalue weighted by Gasteiger charge is -2.36. The number of pyridine rings is 1. The molecular weight excluding hydrogens is 227 g/mol. The molecule has 3 heteroatoms. The Hall–Kier alpha value is -0.960. The predicted molar refractivity (Wildman–Crippen MR) is 71.7 cm³/mol. The van der Waals surface area contributed by atoms with E-state index in [1.54, 1.807) is 6.07 Å². The third-order valence-corrected chi connectivity index (χ3v) is 4.07. The van der Waals surface area contributed by atoms with Gasteiger partial charge in [-0.25, -0.2) is 4.39 Å². The minimum absolute atomic E-state index is 0.246. The average molecular weight is 250 g/mol. The maximum atomic E-state index is 12.9. The van der Waals surface area contributed by atoms with E-state index in [2.05, 4.69) is 24.1 Å². The van der Waals surface area contributed by atoms with E-state index in [9.17, 15) is 4.39 Å². The lowest BCUT2D eigenvalue weighted by atomic mass is 9.73. The number of nitrogens with zero attached hydrogens (tertiary/aromatic N) is 1. The Kier molecular flexibility index (Phi) is 4.33. The van der Waals surface area contributed by atoms with E-state index < -0.39 is 0 Å². The Balaban J connectivity index is 2.14. The number of hydrogen-bond acceptors (Lipinski definition) is 2. The van der Waals surface area contributed by atoms with E-state index >= 15 is 0 Å². The Morgan fingerprint density at radius 1 is 1.22 bits per heavy atom. The second-order valence-corrected chi connectivity index (χ2v) is 5.85. The van der Waals surface area contributed by atoms with Crippen LogP contribution in [-0.2, 0) is 0 Å². The van der Waals surface area contributed by atoms with Crippen molar-refractivity contribution in [1.82, 2.24) is 10.3 Å². The van der Waals surface area contributed by atoms with Gasteiger partial charge >= 0.3 is 0 Å². The largest absolute Gasteiger partial charge is 0.311 e. The second-order valence-electron chi connectivity index (χ2n) is 5.85. The summed E-state index contributed by atoms with van der Waals surface area (Å²) in [5.41, 5.74) is 0.963. The van der Waals surface area contributed by atoms with Gasteiger partial charge in [0.05, 0.1) is 17.9 Å². The van der Waals surface area contributed by atoms with Gasteiger partial charge in [0.25, 0.3) is 0 Å². The monoisotopic (exact) mass is 250 g/mol. The van der Waals surface area contributed by atoms with E-state index in [0.717, 1.165) is 17.5 Å². The highest BCUT2D eigenvalue weighted by Crippen LogP contribution is 2.39. The SMILES string of the molecule is CNC(c1ccc(F)cn1)C1CC(C)CC(C)C1. The van der Waals surface area contributed by atoms with Crippen molar-refractivity contribution in [3.63, 3.8) is 0 Å². The molecule has 0 spiro atoms. The molecule has 0 aliphatic heterocycles. The molecule has 0 bridgehead atoms. The molecule has 18 heavy (non-hydrogen) atoms. The van der Waals surface area contributed by atoms with E-state index in [4.69, 9.17) is 0 Å². The summed E-state index contributed by atoms with van der Waals surface area (Å²) in [5, 5.41) is 3.36. The normalized spacial score (nSPS) is 30.1. The molecule has 1 heterocycles. The van der Waals surface area contributed by atoms with E-state index in [1.807, 2.05) is 7.05 Å². The molecule has 1 aromatic heterocycles. The van der Waals surface area contributed by atoms with Crippen molar-refractivity contribution >= 4 is 0 Å². The number of hydrogen-bond donors (Lipinski definition) is 1. The molecule has 1 aliphatic carbocycles. The number of rotatable bonds is 3. The maximum Gasteiger partial charge on any atom is 0.141 e. The highest BCUT2D eigenvalue weighted by atomic mass is 19.1. The third-order valence-electron chi connectivity index (χ3n) is 4.07. The number of nitrogens with one attached hydrogen (secondary N) is 1. The van der Waals surface area contributed by atoms with Gasteiger partial charge in [0.1, 0.15) is 5.82 Å². The van der Waals surface area contributed by atoms with Gasteiger partial charge in [-0.3, -0.25) is 4.98 Å². The smallest absolute Gasteiger partial charge is 0.141 e. The average Bonchev–Trinajstić information content (AvgIpc) is 2.31. The van der Waals surface area contributed by atoms with Crippen LogP contribution in [0.2, 0.25) is 0 Å². The fourth-order valence-corrected chi connectivity index (χ4v) is 3.48. The molecule has 100 valence electrons. The Morgan fingerprint density at radius 2 is 1.89 bits per heavy atom. The molecule has 2 nitrogen and oxygen atoms in total. The summed E-state index contributed by atoms with van der Waals surface area (Å²) >= 11 is 0. The van der Waals surface area contributed by atoms with Crippen LogP contribution in [0.1, 0.15) is 44.8 Å². The molecule has 3 unspecified atom stereocenters. The molecule has 1 aliphatic rings. The Labute approximate surface area is 109 Å². The van der Waals surface area contributed by atoms with Crippen LogP contribution in [0.5, 0.6) is 0 Å². The summed E-state index contributed by atoms with van der Waals surface area (Å²) in [5.74, 6) is 1.88. The van der Waals surface area contributed by atoms with Crippen molar-refractivity contribution in [3.05, 3.63) is 29.8 Å². The first-order valence-corrected chi connectivity index (χ1v) is 6.89. The van der Waals surface area contributed by atoms with Gasteiger partial charge in [-0.1, -0.05) is 13.8 Å². The van der Waals surface area contributed by atoms with Crippen LogP contribution in [0.15, 0.2) is 18.3 Å². The van der Waals surface area contributed by atoms with Crippen LogP contribution in [0.25, 0.3) is 0 Å². The first-order chi connectivity index (χ1) is 8.60. The molecule has 0 aromatic carbocycles. The first kappa shape index (κ1) is 13.5. The lowest BCUT2D eigenvalue weighted by molar-refractivity contribution is 0.179. The standard InChI is InChI=1S/C15H23FN2/c1-10-6-11(2)8-12(7-10)15(17-3)14-5-4-13(16)9-18-14/h4-5,9-12,15,17H,6-8H2,1-3H3. The van der Waals surface area contributed by atoms with Crippen LogP contribution in [0.3, 0.4) is 0 Å². The molecule has 2 rings (SSSR count). The molecule has 3 atom stereocenters. The molecule has 1 fully saturated rings. The number of halogens is 1. The minimum atomic E-state index is -0.265. The van der Waals surface area contributed by atoms with E-state index in [-0.39, 0.29) is 11.9 Å². The molecule has 1 saturated carbocycles. The third kappa shape index (κ3) is 3.08. The fraction of sp³-hybridized carbons (Fsp3) is 0.667. The van der Waals surface area contributed by atoms with Crippen LogP contribution >= 0.6 is 0 Å². The summed E-state index contributed by atoms with van der Waals surface area (Å²) in [7, 11) is 1.97. The van der Waals surface area contributed by atoms with Crippen LogP contribution < -0.4 is 5.32 Å². The van der Waals surface area contributed by atoms with E-state index in [0.29, 0.717) is 5.92 Å². The fourth-order valence-electron chi connectivity index (χ4n) is 3.48. The Morgan fingerprint density at radius 3 is 2.39 bits per heavy atom. The molecule has 0 saturated heterocycles. The second kappa shape index (κ2) is 5.79. The summed E-state index contributed by atoms with van der Waals surface area (Å²) in [6, 6.07) is 3.55. The summed E-state index contributed by atoms with van der Waals surface area (Å²) < 4.78 is 12.9. The maximum absolute atomic E-state index is 12.9. The molecule has 0 radical (unpaired) electrons.